The van der Waals surface area contributed by atoms with Gasteiger partial charge in [-0.15, -0.1) is 0 Å². The van der Waals surface area contributed by atoms with Gasteiger partial charge in [-0.2, -0.15) is 0 Å². The second-order valence-electron chi connectivity index (χ2n) is 3.51. The summed E-state index contributed by atoms with van der Waals surface area (Å²) >= 11 is 0. The average Bonchev–Trinajstić information content (AvgIpc) is 1.97. The van der Waals surface area contributed by atoms with Crippen molar-refractivity contribution in [2.24, 2.45) is 5.92 Å². The predicted octanol–water partition coefficient (Wildman–Crippen LogP) is 2.17. The Morgan fingerprint density at radius 1 is 1.58 bits per heavy atom. The van der Waals surface area contributed by atoms with E-state index < -0.39 is 0 Å². The summed E-state index contributed by atoms with van der Waals surface area (Å²) in [6.07, 6.45) is 6.86. The minimum Gasteiger partial charge on any atom is -0.378 e. The number of hydrogen-bond donors (Lipinski definition) is 0. The predicted molar refractivity (Wildman–Crippen MR) is 48.1 cm³/mol. The molecule has 1 atom stereocenters. The molecule has 0 aromatic rings. The fraction of sp³-hybridized carbons (Fsp3) is 0.900. The van der Waals surface area contributed by atoms with Gasteiger partial charge in [0, 0.05) is 13.0 Å². The highest BCUT2D eigenvalue weighted by molar-refractivity contribution is 5.50. The van der Waals surface area contributed by atoms with Gasteiger partial charge in [0.25, 0.3) is 0 Å². The number of ether oxygens (including phenoxy) is 1. The molecule has 12 heavy (non-hydrogen) atoms. The second kappa shape index (κ2) is 5.31. The fourth-order valence-electron chi connectivity index (χ4n) is 1.68. The molecule has 0 saturated heterocycles. The first kappa shape index (κ1) is 9.72. The quantitative estimate of drug-likeness (QED) is 0.571. The summed E-state index contributed by atoms with van der Waals surface area (Å²) in [5.74, 6) is 0.835. The molecule has 1 fully saturated rings. The third kappa shape index (κ3) is 2.94. The van der Waals surface area contributed by atoms with Crippen molar-refractivity contribution in [1.82, 2.24) is 0 Å². The molecule has 2 heteroatoms. The molecule has 0 aliphatic heterocycles. The Balaban J connectivity index is 2.15. The Bertz CT molecular complexity index is 130. The lowest BCUT2D eigenvalue weighted by Crippen LogP contribution is -2.22. The molecule has 0 amide bonds. The maximum atomic E-state index is 10.3. The molecule has 0 aromatic heterocycles. The van der Waals surface area contributed by atoms with Crippen molar-refractivity contribution in [3.8, 4) is 0 Å². The highest BCUT2D eigenvalue weighted by Crippen LogP contribution is 2.31. The van der Waals surface area contributed by atoms with E-state index in [2.05, 4.69) is 0 Å². The number of hydrogen-bond acceptors (Lipinski definition) is 2. The molecule has 70 valence electrons. The average molecular weight is 170 g/mol. The van der Waals surface area contributed by atoms with Gasteiger partial charge in [0.1, 0.15) is 6.29 Å². The van der Waals surface area contributed by atoms with E-state index in [1.165, 1.54) is 19.3 Å². The van der Waals surface area contributed by atoms with Gasteiger partial charge in [-0.25, -0.2) is 0 Å². The van der Waals surface area contributed by atoms with Gasteiger partial charge < -0.3 is 9.53 Å². The van der Waals surface area contributed by atoms with Gasteiger partial charge in [0.05, 0.1) is 6.10 Å². The topological polar surface area (TPSA) is 26.3 Å². The van der Waals surface area contributed by atoms with Crippen LogP contribution in [0.15, 0.2) is 0 Å². The first-order valence-electron chi connectivity index (χ1n) is 4.92. The molecule has 1 rings (SSSR count). The van der Waals surface area contributed by atoms with Crippen molar-refractivity contribution in [2.45, 2.75) is 45.1 Å². The minimum absolute atomic E-state index is 0.192. The lowest BCUT2D eigenvalue weighted by molar-refractivity contribution is -0.110. The summed E-state index contributed by atoms with van der Waals surface area (Å²) in [6, 6.07) is 0. The van der Waals surface area contributed by atoms with E-state index in [0.29, 0.717) is 6.42 Å². The highest BCUT2D eigenvalue weighted by atomic mass is 16.5. The molecular weight excluding hydrogens is 152 g/mol. The lowest BCUT2D eigenvalue weighted by atomic mass is 9.81. The van der Waals surface area contributed by atoms with Gasteiger partial charge >= 0.3 is 0 Å². The van der Waals surface area contributed by atoms with E-state index in [0.717, 1.165) is 25.2 Å². The normalized spacial score (nSPS) is 20.1. The van der Waals surface area contributed by atoms with Crippen LogP contribution in [-0.4, -0.2) is 19.0 Å². The zero-order valence-electron chi connectivity index (χ0n) is 7.79. The second-order valence-corrected chi connectivity index (χ2v) is 3.51. The van der Waals surface area contributed by atoms with E-state index in [1.54, 1.807) is 0 Å². The number of aldehydes is 1. The van der Waals surface area contributed by atoms with E-state index in [-0.39, 0.29) is 6.10 Å². The van der Waals surface area contributed by atoms with Crippen molar-refractivity contribution < 1.29 is 9.53 Å². The van der Waals surface area contributed by atoms with Crippen LogP contribution >= 0.6 is 0 Å². The molecule has 2 nitrogen and oxygen atoms in total. The molecule has 1 aliphatic carbocycles. The maximum absolute atomic E-state index is 10.3. The van der Waals surface area contributed by atoms with Gasteiger partial charge in [-0.3, -0.25) is 0 Å². The van der Waals surface area contributed by atoms with Gasteiger partial charge in [-0.05, 0) is 19.3 Å². The Kier molecular flexibility index (Phi) is 4.30. The van der Waals surface area contributed by atoms with Crippen molar-refractivity contribution in [2.75, 3.05) is 6.61 Å². The Hall–Kier alpha value is -0.370. The summed E-state index contributed by atoms with van der Waals surface area (Å²) in [5, 5.41) is 0. The first-order valence-corrected chi connectivity index (χ1v) is 4.92. The van der Waals surface area contributed by atoms with Crippen LogP contribution in [0.3, 0.4) is 0 Å². The molecule has 0 spiro atoms. The number of carbonyl (C=O) groups excluding carboxylic acids is 1. The zero-order valence-corrected chi connectivity index (χ0v) is 7.79. The van der Waals surface area contributed by atoms with Crippen LogP contribution in [0.2, 0.25) is 0 Å². The lowest BCUT2D eigenvalue weighted by Gasteiger charge is -2.28. The molecular formula is C10H18O2. The van der Waals surface area contributed by atoms with Crippen LogP contribution in [-0.2, 0) is 9.53 Å². The summed E-state index contributed by atoms with van der Waals surface area (Å²) in [5.41, 5.74) is 0. The molecule has 1 aliphatic rings. The smallest absolute Gasteiger partial charge is 0.122 e. The molecule has 0 heterocycles. The third-order valence-corrected chi connectivity index (χ3v) is 2.58. The van der Waals surface area contributed by atoms with Gasteiger partial charge in [-0.1, -0.05) is 19.3 Å². The molecule has 0 aromatic carbocycles. The van der Waals surface area contributed by atoms with Crippen LogP contribution in [0.5, 0.6) is 0 Å². The van der Waals surface area contributed by atoms with E-state index in [9.17, 15) is 4.79 Å². The molecule has 0 N–H and O–H groups in total. The van der Waals surface area contributed by atoms with Gasteiger partial charge in [0.2, 0.25) is 0 Å². The highest BCUT2D eigenvalue weighted by Gasteiger charge is 2.21. The zero-order chi connectivity index (χ0) is 8.81. The SMILES string of the molecule is CCOC(CC=O)CC1CCC1. The Morgan fingerprint density at radius 3 is 2.75 bits per heavy atom. The summed E-state index contributed by atoms with van der Waals surface area (Å²) < 4.78 is 5.46. The van der Waals surface area contributed by atoms with E-state index in [4.69, 9.17) is 4.74 Å². The standard InChI is InChI=1S/C10H18O2/c1-2-12-10(6-7-11)8-9-4-3-5-9/h7,9-10H,2-6,8H2,1H3. The van der Waals surface area contributed by atoms with Crippen molar-refractivity contribution in [3.05, 3.63) is 0 Å². The molecule has 0 radical (unpaired) electrons. The molecule has 1 unspecified atom stereocenters. The maximum Gasteiger partial charge on any atom is 0.122 e. The third-order valence-electron chi connectivity index (χ3n) is 2.58. The molecule has 0 bridgehead atoms. The van der Waals surface area contributed by atoms with E-state index >= 15 is 0 Å². The van der Waals surface area contributed by atoms with Crippen LogP contribution in [0, 0.1) is 5.92 Å². The fourth-order valence-corrected chi connectivity index (χ4v) is 1.68. The van der Waals surface area contributed by atoms with Crippen molar-refractivity contribution in [1.29, 1.82) is 0 Å². The Morgan fingerprint density at radius 2 is 2.33 bits per heavy atom. The summed E-state index contributed by atoms with van der Waals surface area (Å²) in [6.45, 7) is 2.71. The molecule has 1 saturated carbocycles. The van der Waals surface area contributed by atoms with Crippen LogP contribution in [0.4, 0.5) is 0 Å². The van der Waals surface area contributed by atoms with Gasteiger partial charge in [0.15, 0.2) is 0 Å². The summed E-state index contributed by atoms with van der Waals surface area (Å²) in [7, 11) is 0. The monoisotopic (exact) mass is 170 g/mol. The number of carbonyl (C=O) groups is 1. The van der Waals surface area contributed by atoms with Crippen LogP contribution in [0.25, 0.3) is 0 Å². The Labute approximate surface area is 74.3 Å². The number of rotatable bonds is 6. The van der Waals surface area contributed by atoms with Crippen molar-refractivity contribution in [3.63, 3.8) is 0 Å². The van der Waals surface area contributed by atoms with Crippen LogP contribution in [0.1, 0.15) is 39.0 Å². The van der Waals surface area contributed by atoms with Crippen LogP contribution < -0.4 is 0 Å². The largest absolute Gasteiger partial charge is 0.378 e. The minimum atomic E-state index is 0.192. The van der Waals surface area contributed by atoms with E-state index in [1.807, 2.05) is 6.92 Å². The first-order chi connectivity index (χ1) is 5.86. The van der Waals surface area contributed by atoms with Crippen molar-refractivity contribution >= 4 is 6.29 Å². The summed E-state index contributed by atoms with van der Waals surface area (Å²) in [4.78, 5) is 10.3.